The summed E-state index contributed by atoms with van der Waals surface area (Å²) in [6.07, 6.45) is 2.16. The van der Waals surface area contributed by atoms with E-state index in [0.29, 0.717) is 19.4 Å². The number of nitrogens with zero attached hydrogens (tertiary/aromatic N) is 2. The van der Waals surface area contributed by atoms with Crippen LogP contribution in [-0.4, -0.2) is 74.7 Å². The number of carboxylic acids is 3. The number of hydrogen-bond donors (Lipinski definition) is 3. The first-order chi connectivity index (χ1) is 12.4. The van der Waals surface area contributed by atoms with Gasteiger partial charge in [0.05, 0.1) is 19.6 Å². The lowest BCUT2D eigenvalue weighted by atomic mass is 10.1. The number of carbonyl (C=O) groups is 3. The second kappa shape index (κ2) is 9.30. The number of carboxylic acid groups (broad SMARTS) is 3. The van der Waals surface area contributed by atoms with Gasteiger partial charge in [0, 0.05) is 18.6 Å². The molecule has 1 aromatic rings. The molecule has 1 saturated carbocycles. The van der Waals surface area contributed by atoms with Gasteiger partial charge in [0.2, 0.25) is 0 Å². The molecule has 0 spiro atoms. The Labute approximate surface area is 151 Å². The highest BCUT2D eigenvalue weighted by molar-refractivity contribution is 5.72. The summed E-state index contributed by atoms with van der Waals surface area (Å²) >= 11 is 0. The van der Waals surface area contributed by atoms with Crippen LogP contribution in [0.3, 0.4) is 0 Å². The first-order valence-corrected chi connectivity index (χ1v) is 8.54. The molecular formula is C18H24N2O6. The molecule has 2 rings (SSSR count). The molecule has 0 bridgehead atoms. The molecule has 1 aromatic carbocycles. The lowest BCUT2D eigenvalue weighted by molar-refractivity contribution is -0.145. The van der Waals surface area contributed by atoms with Crippen molar-refractivity contribution in [2.45, 2.75) is 37.9 Å². The Kier molecular flexibility index (Phi) is 7.11. The van der Waals surface area contributed by atoms with Crippen molar-refractivity contribution in [3.63, 3.8) is 0 Å². The molecule has 0 aromatic heterocycles. The van der Waals surface area contributed by atoms with Crippen molar-refractivity contribution < 1.29 is 29.7 Å². The predicted molar refractivity (Wildman–Crippen MR) is 92.8 cm³/mol. The maximum atomic E-state index is 11.3. The van der Waals surface area contributed by atoms with Crippen molar-refractivity contribution in [2.75, 3.05) is 19.6 Å². The van der Waals surface area contributed by atoms with Gasteiger partial charge in [-0.05, 0) is 18.4 Å². The van der Waals surface area contributed by atoms with Crippen molar-refractivity contribution in [3.05, 3.63) is 35.9 Å². The summed E-state index contributed by atoms with van der Waals surface area (Å²) in [6, 6.07) is 8.94. The second-order valence-electron chi connectivity index (χ2n) is 6.54. The van der Waals surface area contributed by atoms with Gasteiger partial charge in [0.15, 0.2) is 0 Å². The third kappa shape index (κ3) is 5.82. The molecule has 0 amide bonds. The Morgan fingerprint density at radius 1 is 0.808 bits per heavy atom. The Morgan fingerprint density at radius 3 is 1.77 bits per heavy atom. The van der Waals surface area contributed by atoms with Crippen molar-refractivity contribution in [3.8, 4) is 0 Å². The zero-order valence-electron chi connectivity index (χ0n) is 14.5. The third-order valence-electron chi connectivity index (χ3n) is 4.63. The smallest absolute Gasteiger partial charge is 0.317 e. The van der Waals surface area contributed by atoms with Crippen LogP contribution in [-0.2, 0) is 20.9 Å². The van der Waals surface area contributed by atoms with Crippen LogP contribution in [0.25, 0.3) is 0 Å². The molecule has 1 aliphatic carbocycles. The topological polar surface area (TPSA) is 118 Å². The van der Waals surface area contributed by atoms with E-state index in [2.05, 4.69) is 0 Å². The molecule has 1 fully saturated rings. The van der Waals surface area contributed by atoms with Gasteiger partial charge in [-0.25, -0.2) is 0 Å². The molecule has 0 radical (unpaired) electrons. The zero-order valence-corrected chi connectivity index (χ0v) is 14.5. The first-order valence-electron chi connectivity index (χ1n) is 8.54. The van der Waals surface area contributed by atoms with Crippen LogP contribution in [0, 0.1) is 0 Å². The van der Waals surface area contributed by atoms with Crippen LogP contribution in [0.4, 0.5) is 0 Å². The van der Waals surface area contributed by atoms with E-state index in [-0.39, 0.29) is 31.7 Å². The van der Waals surface area contributed by atoms with Crippen molar-refractivity contribution >= 4 is 17.9 Å². The maximum absolute atomic E-state index is 11.3. The van der Waals surface area contributed by atoms with Gasteiger partial charge in [0.1, 0.15) is 0 Å². The fourth-order valence-electron chi connectivity index (χ4n) is 3.69. The van der Waals surface area contributed by atoms with E-state index in [1.54, 1.807) is 0 Å². The average molecular weight is 364 g/mol. The summed E-state index contributed by atoms with van der Waals surface area (Å²) in [6.45, 7) is -0.508. The third-order valence-corrected chi connectivity index (χ3v) is 4.63. The van der Waals surface area contributed by atoms with Crippen LogP contribution in [0.2, 0.25) is 0 Å². The molecule has 2 atom stereocenters. The van der Waals surface area contributed by atoms with Crippen LogP contribution >= 0.6 is 0 Å². The molecule has 0 aliphatic heterocycles. The minimum Gasteiger partial charge on any atom is -0.480 e. The van der Waals surface area contributed by atoms with Crippen molar-refractivity contribution in [2.24, 2.45) is 0 Å². The Bertz CT molecular complexity index is 620. The largest absolute Gasteiger partial charge is 0.480 e. The van der Waals surface area contributed by atoms with Gasteiger partial charge in [0.25, 0.3) is 0 Å². The normalized spacial score (nSPS) is 19.8. The van der Waals surface area contributed by atoms with Crippen LogP contribution < -0.4 is 0 Å². The number of rotatable bonds is 10. The van der Waals surface area contributed by atoms with E-state index in [1.807, 2.05) is 35.2 Å². The minimum absolute atomic E-state index is 0.177. The van der Waals surface area contributed by atoms with Gasteiger partial charge in [-0.3, -0.25) is 24.2 Å². The Balaban J connectivity index is 2.21. The lowest BCUT2D eigenvalue weighted by Gasteiger charge is -2.37. The van der Waals surface area contributed by atoms with E-state index in [4.69, 9.17) is 10.2 Å². The molecular weight excluding hydrogens is 340 g/mol. The first kappa shape index (κ1) is 19.9. The van der Waals surface area contributed by atoms with E-state index < -0.39 is 17.9 Å². The average Bonchev–Trinajstić information content (AvgIpc) is 3.03. The van der Waals surface area contributed by atoms with E-state index >= 15 is 0 Å². The maximum Gasteiger partial charge on any atom is 0.317 e. The highest BCUT2D eigenvalue weighted by Crippen LogP contribution is 2.29. The standard InChI is InChI=1S/C18H24N2O6/c21-16(22)10-19(9-13-5-2-1-3-6-13)14-7-4-8-15(14)20(11-17(23)24)12-18(25)26/h1-3,5-6,14-15H,4,7-12H2,(H,21,22)(H,23,24)(H,25,26)/t14-,15-/m1/s1. The highest BCUT2D eigenvalue weighted by atomic mass is 16.4. The van der Waals surface area contributed by atoms with E-state index in [0.717, 1.165) is 12.0 Å². The summed E-state index contributed by atoms with van der Waals surface area (Å²) in [7, 11) is 0. The highest BCUT2D eigenvalue weighted by Gasteiger charge is 2.38. The van der Waals surface area contributed by atoms with Crippen LogP contribution in [0.1, 0.15) is 24.8 Å². The van der Waals surface area contributed by atoms with Gasteiger partial charge < -0.3 is 15.3 Å². The van der Waals surface area contributed by atoms with Gasteiger partial charge in [-0.2, -0.15) is 0 Å². The Morgan fingerprint density at radius 2 is 1.27 bits per heavy atom. The van der Waals surface area contributed by atoms with Gasteiger partial charge in [-0.15, -0.1) is 0 Å². The number of aliphatic carboxylic acids is 3. The van der Waals surface area contributed by atoms with E-state index in [1.165, 1.54) is 4.90 Å². The monoisotopic (exact) mass is 364 g/mol. The number of benzene rings is 1. The van der Waals surface area contributed by atoms with Crippen molar-refractivity contribution in [1.82, 2.24) is 9.80 Å². The summed E-state index contributed by atoms with van der Waals surface area (Å²) in [5.41, 5.74) is 0.961. The lowest BCUT2D eigenvalue weighted by Crippen LogP contribution is -2.52. The number of hydrogen-bond acceptors (Lipinski definition) is 5. The van der Waals surface area contributed by atoms with Crippen LogP contribution in [0.5, 0.6) is 0 Å². The zero-order chi connectivity index (χ0) is 19.1. The van der Waals surface area contributed by atoms with Crippen molar-refractivity contribution in [1.29, 1.82) is 0 Å². The molecule has 8 heteroatoms. The fraction of sp³-hybridized carbons (Fsp3) is 0.500. The van der Waals surface area contributed by atoms with Gasteiger partial charge in [-0.1, -0.05) is 36.8 Å². The molecule has 142 valence electrons. The minimum atomic E-state index is -1.09. The predicted octanol–water partition coefficient (Wildman–Crippen LogP) is 0.966. The van der Waals surface area contributed by atoms with Gasteiger partial charge >= 0.3 is 17.9 Å². The molecule has 8 nitrogen and oxygen atoms in total. The summed E-state index contributed by atoms with van der Waals surface area (Å²) in [4.78, 5) is 36.9. The van der Waals surface area contributed by atoms with E-state index in [9.17, 15) is 19.5 Å². The second-order valence-corrected chi connectivity index (χ2v) is 6.54. The summed E-state index contributed by atoms with van der Waals surface area (Å²) < 4.78 is 0. The SMILES string of the molecule is O=C(O)CN(CC(=O)O)[C@@H]1CCC[C@H]1N(CC(=O)O)Cc1ccccc1. The van der Waals surface area contributed by atoms with Crippen LogP contribution in [0.15, 0.2) is 30.3 Å². The Hall–Kier alpha value is -2.45. The molecule has 0 saturated heterocycles. The quantitative estimate of drug-likeness (QED) is 0.562. The molecule has 3 N–H and O–H groups in total. The summed E-state index contributed by atoms with van der Waals surface area (Å²) in [5.74, 6) is -3.15. The fourth-order valence-corrected chi connectivity index (χ4v) is 3.69. The molecule has 0 unspecified atom stereocenters. The molecule has 1 aliphatic rings. The summed E-state index contributed by atoms with van der Waals surface area (Å²) in [5, 5.41) is 27.5. The molecule has 26 heavy (non-hydrogen) atoms. The molecule has 0 heterocycles.